The van der Waals surface area contributed by atoms with Crippen molar-refractivity contribution in [3.05, 3.63) is 64.7 Å². The van der Waals surface area contributed by atoms with Gasteiger partial charge in [-0.2, -0.15) is 0 Å². The van der Waals surface area contributed by atoms with Crippen molar-refractivity contribution in [2.75, 3.05) is 19.7 Å². The van der Waals surface area contributed by atoms with E-state index in [1.54, 1.807) is 0 Å². The van der Waals surface area contributed by atoms with Gasteiger partial charge < -0.3 is 15.0 Å². The predicted octanol–water partition coefficient (Wildman–Crippen LogP) is 4.17. The van der Waals surface area contributed by atoms with E-state index in [9.17, 15) is 9.59 Å². The van der Waals surface area contributed by atoms with Crippen LogP contribution >= 0.6 is 0 Å². The van der Waals surface area contributed by atoms with Crippen molar-refractivity contribution in [1.82, 2.24) is 10.2 Å². The fraction of sp³-hybridized carbons (Fsp3) is 0.462. The van der Waals surface area contributed by atoms with E-state index in [0.29, 0.717) is 12.3 Å². The lowest BCUT2D eigenvalue weighted by atomic mass is 9.86. The molecule has 1 aliphatic heterocycles. The van der Waals surface area contributed by atoms with E-state index >= 15 is 0 Å². The molecule has 0 radical (unpaired) electrons. The molecule has 2 aromatic carbocycles. The lowest BCUT2D eigenvalue weighted by Gasteiger charge is -2.39. The molecule has 2 aromatic rings. The number of nitrogens with one attached hydrogen (secondary N) is 1. The van der Waals surface area contributed by atoms with Gasteiger partial charge in [-0.25, -0.2) is 0 Å². The molecule has 0 aromatic heterocycles. The number of carbonyl (C=O) groups is 2. The van der Waals surface area contributed by atoms with Gasteiger partial charge in [-0.15, -0.1) is 0 Å². The van der Waals surface area contributed by atoms with Crippen LogP contribution in [0.1, 0.15) is 60.9 Å². The van der Waals surface area contributed by atoms with Gasteiger partial charge in [-0.05, 0) is 61.9 Å². The van der Waals surface area contributed by atoms with Gasteiger partial charge in [0.05, 0.1) is 6.04 Å². The molecule has 1 atom stereocenters. The summed E-state index contributed by atoms with van der Waals surface area (Å²) in [6.45, 7) is 5.28. The molecule has 0 saturated heterocycles. The van der Waals surface area contributed by atoms with Crippen LogP contribution in [0.5, 0.6) is 5.75 Å². The van der Waals surface area contributed by atoms with Crippen molar-refractivity contribution in [3.8, 4) is 5.75 Å². The van der Waals surface area contributed by atoms with Crippen molar-refractivity contribution in [3.63, 3.8) is 0 Å². The van der Waals surface area contributed by atoms with Crippen LogP contribution in [0, 0.1) is 12.8 Å². The topological polar surface area (TPSA) is 58.6 Å². The van der Waals surface area contributed by atoms with E-state index in [-0.39, 0.29) is 30.4 Å². The highest BCUT2D eigenvalue weighted by Gasteiger charge is 2.36. The van der Waals surface area contributed by atoms with E-state index in [2.05, 4.69) is 47.5 Å². The average Bonchev–Trinajstić information content (AvgIpc) is 3.32. The largest absolute Gasteiger partial charge is 0.484 e. The van der Waals surface area contributed by atoms with Gasteiger partial charge in [0.15, 0.2) is 6.61 Å². The number of fused-ring (bicyclic) bond motifs is 1. The minimum absolute atomic E-state index is 0.00740. The van der Waals surface area contributed by atoms with Gasteiger partial charge in [0, 0.05) is 19.0 Å². The second-order valence-corrected chi connectivity index (χ2v) is 8.68. The first-order valence-electron chi connectivity index (χ1n) is 11.5. The van der Waals surface area contributed by atoms with Crippen LogP contribution in [-0.4, -0.2) is 36.4 Å². The molecule has 1 saturated carbocycles. The highest BCUT2D eigenvalue weighted by atomic mass is 16.5. The van der Waals surface area contributed by atoms with Gasteiger partial charge in [-0.1, -0.05) is 48.7 Å². The second-order valence-electron chi connectivity index (χ2n) is 8.68. The van der Waals surface area contributed by atoms with E-state index < -0.39 is 0 Å². The fourth-order valence-corrected chi connectivity index (χ4v) is 4.83. The molecular formula is C26H32N2O3. The van der Waals surface area contributed by atoms with Crippen LogP contribution < -0.4 is 10.1 Å². The second kappa shape index (κ2) is 9.54. The van der Waals surface area contributed by atoms with Crippen LogP contribution in [0.25, 0.3) is 0 Å². The zero-order valence-electron chi connectivity index (χ0n) is 18.5. The van der Waals surface area contributed by atoms with Crippen molar-refractivity contribution in [2.45, 2.75) is 52.0 Å². The van der Waals surface area contributed by atoms with Crippen molar-refractivity contribution in [2.24, 2.45) is 5.92 Å². The summed E-state index contributed by atoms with van der Waals surface area (Å²) in [5.41, 5.74) is 4.67. The van der Waals surface area contributed by atoms with Crippen molar-refractivity contribution in [1.29, 1.82) is 0 Å². The molecule has 164 valence electrons. The molecule has 2 aliphatic rings. The summed E-state index contributed by atoms with van der Waals surface area (Å²) in [6.07, 6.45) is 5.13. The summed E-state index contributed by atoms with van der Waals surface area (Å²) in [4.78, 5) is 27.4. The Morgan fingerprint density at radius 1 is 1.10 bits per heavy atom. The zero-order chi connectivity index (χ0) is 21.8. The first-order chi connectivity index (χ1) is 15.1. The van der Waals surface area contributed by atoms with Crippen LogP contribution in [0.4, 0.5) is 0 Å². The molecule has 31 heavy (non-hydrogen) atoms. The highest BCUT2D eigenvalue weighted by Crippen LogP contribution is 2.39. The quantitative estimate of drug-likeness (QED) is 0.763. The SMILES string of the molecule is CCNC(=O)COc1ccc2c(c1)[C@@H](c1ccc(C)cc1)N(C(=O)C1CCCC1)CC2. The number of nitrogens with zero attached hydrogens (tertiary/aromatic N) is 1. The lowest BCUT2D eigenvalue weighted by Crippen LogP contribution is -2.43. The molecule has 0 unspecified atom stereocenters. The Morgan fingerprint density at radius 2 is 1.84 bits per heavy atom. The fourth-order valence-electron chi connectivity index (χ4n) is 4.83. The summed E-state index contributed by atoms with van der Waals surface area (Å²) in [5, 5.41) is 2.75. The summed E-state index contributed by atoms with van der Waals surface area (Å²) in [5.74, 6) is 0.958. The Labute approximate surface area is 184 Å². The maximum absolute atomic E-state index is 13.5. The Kier molecular flexibility index (Phi) is 6.59. The van der Waals surface area contributed by atoms with E-state index in [0.717, 1.165) is 49.8 Å². The van der Waals surface area contributed by atoms with Crippen LogP contribution in [0.2, 0.25) is 0 Å². The minimum Gasteiger partial charge on any atom is -0.484 e. The number of hydrogen-bond donors (Lipinski definition) is 1. The predicted molar refractivity (Wildman–Crippen MR) is 121 cm³/mol. The Bertz CT molecular complexity index is 932. The smallest absolute Gasteiger partial charge is 0.257 e. The number of hydrogen-bond acceptors (Lipinski definition) is 3. The number of ether oxygens (including phenoxy) is 1. The van der Waals surface area contributed by atoms with Crippen LogP contribution in [0.15, 0.2) is 42.5 Å². The maximum atomic E-state index is 13.5. The number of likely N-dealkylation sites (N-methyl/N-ethyl adjacent to an activating group) is 1. The van der Waals surface area contributed by atoms with Crippen molar-refractivity contribution < 1.29 is 14.3 Å². The third kappa shape index (κ3) is 4.76. The number of aryl methyl sites for hydroxylation is 1. The first-order valence-corrected chi connectivity index (χ1v) is 11.5. The Morgan fingerprint density at radius 3 is 2.55 bits per heavy atom. The van der Waals surface area contributed by atoms with Crippen molar-refractivity contribution >= 4 is 11.8 Å². The van der Waals surface area contributed by atoms with Crippen LogP contribution in [0.3, 0.4) is 0 Å². The number of rotatable bonds is 6. The molecule has 0 bridgehead atoms. The van der Waals surface area contributed by atoms with Gasteiger partial charge in [-0.3, -0.25) is 9.59 Å². The molecule has 1 heterocycles. The molecular weight excluding hydrogens is 388 g/mol. The zero-order valence-corrected chi connectivity index (χ0v) is 18.5. The molecule has 5 nitrogen and oxygen atoms in total. The maximum Gasteiger partial charge on any atom is 0.257 e. The molecule has 1 aliphatic carbocycles. The van der Waals surface area contributed by atoms with Gasteiger partial charge in [0.2, 0.25) is 5.91 Å². The summed E-state index contributed by atoms with van der Waals surface area (Å²) in [6, 6.07) is 14.4. The van der Waals surface area contributed by atoms with E-state index in [4.69, 9.17) is 4.74 Å². The molecule has 4 rings (SSSR count). The first kappa shape index (κ1) is 21.4. The minimum atomic E-state index is -0.131. The van der Waals surface area contributed by atoms with E-state index in [1.165, 1.54) is 11.1 Å². The summed E-state index contributed by atoms with van der Waals surface area (Å²) < 4.78 is 5.77. The van der Waals surface area contributed by atoms with Gasteiger partial charge in [0.1, 0.15) is 5.75 Å². The Balaban J connectivity index is 1.67. The number of amides is 2. The molecule has 0 spiro atoms. The molecule has 2 amide bonds. The van der Waals surface area contributed by atoms with Gasteiger partial charge in [0.25, 0.3) is 5.91 Å². The Hall–Kier alpha value is -2.82. The summed E-state index contributed by atoms with van der Waals surface area (Å²) in [7, 11) is 0. The number of carbonyl (C=O) groups excluding carboxylic acids is 2. The lowest BCUT2D eigenvalue weighted by molar-refractivity contribution is -0.137. The monoisotopic (exact) mass is 420 g/mol. The third-order valence-electron chi connectivity index (χ3n) is 6.47. The van der Waals surface area contributed by atoms with Gasteiger partial charge >= 0.3 is 0 Å². The highest BCUT2D eigenvalue weighted by molar-refractivity contribution is 5.80. The third-order valence-corrected chi connectivity index (χ3v) is 6.47. The normalized spacial score (nSPS) is 18.5. The van der Waals surface area contributed by atoms with Crippen LogP contribution in [-0.2, 0) is 16.0 Å². The van der Waals surface area contributed by atoms with E-state index in [1.807, 2.05) is 19.1 Å². The molecule has 1 fully saturated rings. The molecule has 1 N–H and O–H groups in total. The average molecular weight is 421 g/mol. The standard InChI is InChI=1S/C26H32N2O3/c1-3-27-24(29)17-31-22-13-12-19-14-15-28(26(30)21-6-4-5-7-21)25(23(19)16-22)20-10-8-18(2)9-11-20/h8-13,16,21,25H,3-7,14-15,17H2,1-2H3,(H,27,29)/t25-/m1/s1. The number of benzene rings is 2. The molecule has 5 heteroatoms. The summed E-state index contributed by atoms with van der Waals surface area (Å²) >= 11 is 0.